The van der Waals surface area contributed by atoms with Crippen LogP contribution < -0.4 is 5.73 Å². The van der Waals surface area contributed by atoms with Gasteiger partial charge in [-0.3, -0.25) is 0 Å². The average Bonchev–Trinajstić information content (AvgIpc) is 2.29. The number of aryl methyl sites for hydroxylation is 1. The highest BCUT2D eigenvalue weighted by molar-refractivity contribution is 5.69. The molecule has 0 aliphatic rings. The Bertz CT molecular complexity index is 532. The molecule has 0 aliphatic heterocycles. The number of benzene rings is 2. The van der Waals surface area contributed by atoms with Gasteiger partial charge in [0.15, 0.2) is 0 Å². The van der Waals surface area contributed by atoms with Gasteiger partial charge in [-0.15, -0.1) is 0 Å². The molecule has 0 radical (unpaired) electrons. The Morgan fingerprint density at radius 2 is 1.88 bits per heavy atom. The number of phenols is 1. The number of aromatic hydroxyl groups is 1. The summed E-state index contributed by atoms with van der Waals surface area (Å²) < 4.78 is 0. The van der Waals surface area contributed by atoms with Crippen LogP contribution in [0.4, 0.5) is 0 Å². The average molecular weight is 227 g/mol. The van der Waals surface area contributed by atoms with E-state index in [0.29, 0.717) is 0 Å². The van der Waals surface area contributed by atoms with Gasteiger partial charge in [-0.2, -0.15) is 0 Å². The van der Waals surface area contributed by atoms with E-state index in [0.717, 1.165) is 16.7 Å². The fraction of sp³-hybridized carbons (Fsp3) is 0.200. The molecule has 88 valence electrons. The second-order valence-corrected chi connectivity index (χ2v) is 4.41. The standard InChI is InChI=1S/C15H17NO/c1-10-6-7-12(11(2)16)9-15(10)13-4-3-5-14(17)8-13/h3-9,11,17H,16H2,1-2H3. The lowest BCUT2D eigenvalue weighted by Crippen LogP contribution is -2.05. The first-order valence-corrected chi connectivity index (χ1v) is 5.73. The molecule has 0 heterocycles. The third-order valence-corrected chi connectivity index (χ3v) is 2.94. The highest BCUT2D eigenvalue weighted by Gasteiger charge is 2.06. The molecule has 2 aromatic rings. The maximum absolute atomic E-state index is 9.52. The summed E-state index contributed by atoms with van der Waals surface area (Å²) in [4.78, 5) is 0. The molecule has 3 N–H and O–H groups in total. The number of phenolic OH excluding ortho intramolecular Hbond substituents is 1. The van der Waals surface area contributed by atoms with Gasteiger partial charge in [-0.1, -0.05) is 24.3 Å². The van der Waals surface area contributed by atoms with Crippen molar-refractivity contribution in [1.82, 2.24) is 0 Å². The lowest BCUT2D eigenvalue weighted by atomic mass is 9.96. The molecule has 1 unspecified atom stereocenters. The largest absolute Gasteiger partial charge is 0.508 e. The van der Waals surface area contributed by atoms with Crippen LogP contribution in [0.3, 0.4) is 0 Å². The van der Waals surface area contributed by atoms with Crippen molar-refractivity contribution in [1.29, 1.82) is 0 Å². The summed E-state index contributed by atoms with van der Waals surface area (Å²) in [7, 11) is 0. The van der Waals surface area contributed by atoms with Crippen molar-refractivity contribution >= 4 is 0 Å². The summed E-state index contributed by atoms with van der Waals surface area (Å²) >= 11 is 0. The lowest BCUT2D eigenvalue weighted by Gasteiger charge is -2.11. The van der Waals surface area contributed by atoms with Crippen LogP contribution in [0.2, 0.25) is 0 Å². The van der Waals surface area contributed by atoms with Gasteiger partial charge < -0.3 is 10.8 Å². The first kappa shape index (κ1) is 11.7. The molecule has 0 aliphatic carbocycles. The molecule has 2 rings (SSSR count). The number of hydrogen-bond acceptors (Lipinski definition) is 2. The summed E-state index contributed by atoms with van der Waals surface area (Å²) in [6.07, 6.45) is 0. The minimum absolute atomic E-state index is 0.0201. The molecule has 0 spiro atoms. The Labute approximate surface area is 102 Å². The summed E-state index contributed by atoms with van der Waals surface area (Å²) in [5.41, 5.74) is 10.3. The second kappa shape index (κ2) is 4.60. The predicted octanol–water partition coefficient (Wildman–Crippen LogP) is 3.39. The van der Waals surface area contributed by atoms with Crippen LogP contribution in [0, 0.1) is 6.92 Å². The van der Waals surface area contributed by atoms with Crippen molar-refractivity contribution in [3.8, 4) is 16.9 Å². The monoisotopic (exact) mass is 227 g/mol. The van der Waals surface area contributed by atoms with E-state index in [1.807, 2.05) is 25.1 Å². The SMILES string of the molecule is Cc1ccc(C(C)N)cc1-c1cccc(O)c1. The molecule has 17 heavy (non-hydrogen) atoms. The van der Waals surface area contributed by atoms with Crippen LogP contribution in [0.25, 0.3) is 11.1 Å². The van der Waals surface area contributed by atoms with Crippen LogP contribution in [0.15, 0.2) is 42.5 Å². The van der Waals surface area contributed by atoms with Gasteiger partial charge in [0.2, 0.25) is 0 Å². The molecule has 2 heteroatoms. The van der Waals surface area contributed by atoms with E-state index in [1.165, 1.54) is 5.56 Å². The van der Waals surface area contributed by atoms with E-state index in [-0.39, 0.29) is 11.8 Å². The van der Waals surface area contributed by atoms with Gasteiger partial charge >= 0.3 is 0 Å². The van der Waals surface area contributed by atoms with Crippen LogP contribution in [-0.4, -0.2) is 5.11 Å². The van der Waals surface area contributed by atoms with Crippen molar-refractivity contribution in [2.75, 3.05) is 0 Å². The molecular weight excluding hydrogens is 210 g/mol. The fourth-order valence-electron chi connectivity index (χ4n) is 1.91. The van der Waals surface area contributed by atoms with E-state index < -0.39 is 0 Å². The van der Waals surface area contributed by atoms with Crippen LogP contribution in [0.1, 0.15) is 24.1 Å². The second-order valence-electron chi connectivity index (χ2n) is 4.41. The third kappa shape index (κ3) is 2.48. The molecule has 0 fully saturated rings. The first-order valence-electron chi connectivity index (χ1n) is 5.73. The minimum Gasteiger partial charge on any atom is -0.508 e. The van der Waals surface area contributed by atoms with E-state index in [1.54, 1.807) is 12.1 Å². The summed E-state index contributed by atoms with van der Waals surface area (Å²) in [5.74, 6) is 0.285. The Kier molecular flexibility index (Phi) is 3.16. The van der Waals surface area contributed by atoms with Gasteiger partial charge in [-0.25, -0.2) is 0 Å². The van der Waals surface area contributed by atoms with Crippen LogP contribution >= 0.6 is 0 Å². The molecule has 2 aromatic carbocycles. The third-order valence-electron chi connectivity index (χ3n) is 2.94. The zero-order valence-corrected chi connectivity index (χ0v) is 10.1. The van der Waals surface area contributed by atoms with Gasteiger partial charge in [0.25, 0.3) is 0 Å². The maximum atomic E-state index is 9.52. The molecular formula is C15H17NO. The van der Waals surface area contributed by atoms with Gasteiger partial charge in [0.1, 0.15) is 5.75 Å². The Hall–Kier alpha value is -1.80. The summed E-state index contributed by atoms with van der Waals surface area (Å²) in [6, 6.07) is 13.5. The zero-order valence-electron chi connectivity index (χ0n) is 10.1. The number of hydrogen-bond donors (Lipinski definition) is 2. The Morgan fingerprint density at radius 3 is 2.53 bits per heavy atom. The van der Waals surface area contributed by atoms with Crippen molar-refractivity contribution < 1.29 is 5.11 Å². The Morgan fingerprint density at radius 1 is 1.12 bits per heavy atom. The first-order chi connectivity index (χ1) is 8.08. The molecule has 2 nitrogen and oxygen atoms in total. The lowest BCUT2D eigenvalue weighted by molar-refractivity contribution is 0.475. The molecule has 0 saturated carbocycles. The fourth-order valence-corrected chi connectivity index (χ4v) is 1.91. The highest BCUT2D eigenvalue weighted by Crippen LogP contribution is 2.28. The van der Waals surface area contributed by atoms with Crippen LogP contribution in [-0.2, 0) is 0 Å². The smallest absolute Gasteiger partial charge is 0.116 e. The number of rotatable bonds is 2. The topological polar surface area (TPSA) is 46.2 Å². The Balaban J connectivity index is 2.54. The molecule has 0 saturated heterocycles. The molecule has 0 aromatic heterocycles. The molecule has 1 atom stereocenters. The zero-order chi connectivity index (χ0) is 12.4. The van der Waals surface area contributed by atoms with E-state index in [9.17, 15) is 5.11 Å². The molecule has 0 amide bonds. The maximum Gasteiger partial charge on any atom is 0.116 e. The minimum atomic E-state index is 0.0201. The van der Waals surface area contributed by atoms with E-state index >= 15 is 0 Å². The van der Waals surface area contributed by atoms with E-state index in [2.05, 4.69) is 19.1 Å². The normalized spacial score (nSPS) is 12.4. The van der Waals surface area contributed by atoms with Gasteiger partial charge in [0.05, 0.1) is 0 Å². The van der Waals surface area contributed by atoms with Crippen molar-refractivity contribution in [2.45, 2.75) is 19.9 Å². The van der Waals surface area contributed by atoms with Crippen molar-refractivity contribution in [3.63, 3.8) is 0 Å². The quantitative estimate of drug-likeness (QED) is 0.826. The number of nitrogens with two attached hydrogens (primary N) is 1. The summed E-state index contributed by atoms with van der Waals surface area (Å²) in [6.45, 7) is 4.03. The van der Waals surface area contributed by atoms with Crippen LogP contribution in [0.5, 0.6) is 5.75 Å². The predicted molar refractivity (Wildman–Crippen MR) is 70.9 cm³/mol. The highest BCUT2D eigenvalue weighted by atomic mass is 16.3. The van der Waals surface area contributed by atoms with Gasteiger partial charge in [-0.05, 0) is 54.3 Å². The van der Waals surface area contributed by atoms with E-state index in [4.69, 9.17) is 5.73 Å². The van der Waals surface area contributed by atoms with Crippen molar-refractivity contribution in [2.24, 2.45) is 5.73 Å². The van der Waals surface area contributed by atoms with Crippen molar-refractivity contribution in [3.05, 3.63) is 53.6 Å². The molecule has 0 bridgehead atoms. The van der Waals surface area contributed by atoms with Gasteiger partial charge in [0, 0.05) is 6.04 Å². The summed E-state index contributed by atoms with van der Waals surface area (Å²) in [5, 5.41) is 9.52.